The second-order valence-corrected chi connectivity index (χ2v) is 3.17. The lowest BCUT2D eigenvalue weighted by Crippen LogP contribution is -2.33. The van der Waals surface area contributed by atoms with Crippen LogP contribution in [-0.2, 0) is 0 Å². The molecule has 16 heavy (non-hydrogen) atoms. The molecule has 2 rings (SSSR count). The van der Waals surface area contributed by atoms with Crippen molar-refractivity contribution < 1.29 is 4.79 Å². The highest BCUT2D eigenvalue weighted by atomic mass is 16.1. The summed E-state index contributed by atoms with van der Waals surface area (Å²) in [7, 11) is 0. The van der Waals surface area contributed by atoms with Gasteiger partial charge in [-0.2, -0.15) is 10.2 Å². The van der Waals surface area contributed by atoms with E-state index < -0.39 is 5.91 Å². The summed E-state index contributed by atoms with van der Waals surface area (Å²) in [4.78, 5) is 11.3. The van der Waals surface area contributed by atoms with Gasteiger partial charge < -0.3 is 11.5 Å². The molecule has 1 amide bonds. The van der Waals surface area contributed by atoms with Gasteiger partial charge in [-0.3, -0.25) is 10.2 Å². The molecule has 1 aromatic carbocycles. The fraction of sp³-hybridized carbons (Fsp3) is 0. The fourth-order valence-electron chi connectivity index (χ4n) is 1.41. The summed E-state index contributed by atoms with van der Waals surface area (Å²) in [6, 6.07) is 4.95. The van der Waals surface area contributed by atoms with Crippen LogP contribution in [0, 0.1) is 0 Å². The molecule has 0 saturated carbocycles. The molecule has 6 heteroatoms. The number of allylic oxidation sites excluding steroid dienone is 1. The van der Waals surface area contributed by atoms with Crippen LogP contribution < -0.4 is 22.0 Å². The van der Waals surface area contributed by atoms with Crippen molar-refractivity contribution in [2.45, 2.75) is 0 Å². The van der Waals surface area contributed by atoms with E-state index >= 15 is 0 Å². The molecule has 1 heterocycles. The number of anilines is 2. The number of nitrogens with zero attached hydrogens (tertiary/aromatic N) is 2. The Balaban J connectivity index is 2.49. The van der Waals surface area contributed by atoms with E-state index in [1.165, 1.54) is 5.12 Å². The Hall–Kier alpha value is -2.50. The van der Waals surface area contributed by atoms with Gasteiger partial charge in [0.15, 0.2) is 0 Å². The monoisotopic (exact) mass is 217 g/mol. The van der Waals surface area contributed by atoms with Gasteiger partial charge in [0.25, 0.3) is 5.91 Å². The molecule has 0 aromatic heterocycles. The number of rotatable bonds is 2. The van der Waals surface area contributed by atoms with Gasteiger partial charge in [-0.1, -0.05) is 6.07 Å². The van der Waals surface area contributed by atoms with Crippen LogP contribution in [0.1, 0.15) is 10.4 Å². The number of hydrogen-bond acceptors (Lipinski definition) is 5. The highest BCUT2D eigenvalue weighted by molar-refractivity contribution is 6.01. The zero-order valence-electron chi connectivity index (χ0n) is 8.42. The highest BCUT2D eigenvalue weighted by Crippen LogP contribution is 2.27. The summed E-state index contributed by atoms with van der Waals surface area (Å²) in [5.41, 5.74) is 15.1. The molecular weight excluding hydrogens is 206 g/mol. The van der Waals surface area contributed by atoms with Gasteiger partial charge in [-0.05, 0) is 18.2 Å². The van der Waals surface area contributed by atoms with E-state index in [1.807, 2.05) is 0 Å². The van der Waals surface area contributed by atoms with E-state index in [0.717, 1.165) is 0 Å². The maximum absolute atomic E-state index is 11.3. The van der Waals surface area contributed by atoms with Crippen molar-refractivity contribution in [1.29, 1.82) is 0 Å². The van der Waals surface area contributed by atoms with Crippen LogP contribution in [0.5, 0.6) is 0 Å². The lowest BCUT2D eigenvalue weighted by molar-refractivity contribution is 0.100. The molecule has 0 bridgehead atoms. The summed E-state index contributed by atoms with van der Waals surface area (Å²) < 4.78 is 0. The van der Waals surface area contributed by atoms with Crippen molar-refractivity contribution in [2.75, 3.05) is 10.9 Å². The number of nitrogen functional groups attached to an aromatic ring is 1. The van der Waals surface area contributed by atoms with E-state index in [4.69, 9.17) is 11.5 Å². The minimum atomic E-state index is -0.547. The van der Waals surface area contributed by atoms with Crippen LogP contribution in [0.4, 0.5) is 11.4 Å². The van der Waals surface area contributed by atoms with Crippen molar-refractivity contribution in [1.82, 2.24) is 5.43 Å². The van der Waals surface area contributed by atoms with Crippen LogP contribution >= 0.6 is 0 Å². The van der Waals surface area contributed by atoms with Crippen molar-refractivity contribution in [3.05, 3.63) is 36.0 Å². The molecule has 82 valence electrons. The molecule has 0 fully saturated rings. The molecular formula is C10H11N5O. The Morgan fingerprint density at radius 3 is 2.88 bits per heavy atom. The Morgan fingerprint density at radius 1 is 1.44 bits per heavy atom. The van der Waals surface area contributed by atoms with Gasteiger partial charge in [0.2, 0.25) is 0 Å². The predicted molar refractivity (Wildman–Crippen MR) is 62.6 cm³/mol. The third-order valence-corrected chi connectivity index (χ3v) is 2.11. The number of hydrazine groups is 1. The SMILES string of the molecule is NC(=O)c1cccc(N)c1N1N=CC=CN1. The van der Waals surface area contributed by atoms with Gasteiger partial charge in [-0.25, -0.2) is 0 Å². The number of benzene rings is 1. The third kappa shape index (κ3) is 1.68. The first-order valence-corrected chi connectivity index (χ1v) is 4.64. The minimum Gasteiger partial charge on any atom is -0.397 e. The standard InChI is InChI=1S/C10H11N5O/c11-8-4-1-3-7(10(12)16)9(8)15-13-5-2-6-14-15/h1-6,13H,11H2,(H2,12,16). The highest BCUT2D eigenvalue weighted by Gasteiger charge is 2.17. The maximum atomic E-state index is 11.3. The van der Waals surface area contributed by atoms with Gasteiger partial charge in [0, 0.05) is 6.20 Å². The number of para-hydroxylation sites is 1. The van der Waals surface area contributed by atoms with Gasteiger partial charge in [-0.15, -0.1) is 0 Å². The van der Waals surface area contributed by atoms with Crippen molar-refractivity contribution >= 4 is 23.5 Å². The molecule has 1 aliphatic rings. The van der Waals surface area contributed by atoms with E-state index in [-0.39, 0.29) is 0 Å². The molecule has 0 saturated heterocycles. The van der Waals surface area contributed by atoms with Crippen LogP contribution in [0.15, 0.2) is 35.6 Å². The van der Waals surface area contributed by atoms with Gasteiger partial charge in [0.1, 0.15) is 5.69 Å². The molecule has 0 atom stereocenters. The zero-order chi connectivity index (χ0) is 11.5. The first kappa shape index (κ1) is 10.0. The lowest BCUT2D eigenvalue weighted by Gasteiger charge is -2.23. The Labute approximate surface area is 92.2 Å². The van der Waals surface area contributed by atoms with Gasteiger partial charge >= 0.3 is 0 Å². The van der Waals surface area contributed by atoms with E-state index in [1.54, 1.807) is 36.7 Å². The van der Waals surface area contributed by atoms with E-state index in [9.17, 15) is 4.79 Å². The first-order valence-electron chi connectivity index (χ1n) is 4.64. The number of carbonyl (C=O) groups is 1. The fourth-order valence-corrected chi connectivity index (χ4v) is 1.41. The van der Waals surface area contributed by atoms with Crippen LogP contribution in [0.25, 0.3) is 0 Å². The second kappa shape index (κ2) is 3.93. The van der Waals surface area contributed by atoms with Crippen molar-refractivity contribution in [2.24, 2.45) is 10.8 Å². The molecule has 0 unspecified atom stereocenters. The Morgan fingerprint density at radius 2 is 2.25 bits per heavy atom. The second-order valence-electron chi connectivity index (χ2n) is 3.17. The van der Waals surface area contributed by atoms with Crippen LogP contribution in [0.3, 0.4) is 0 Å². The Kier molecular flexibility index (Phi) is 2.47. The maximum Gasteiger partial charge on any atom is 0.251 e. The third-order valence-electron chi connectivity index (χ3n) is 2.11. The van der Waals surface area contributed by atoms with Crippen molar-refractivity contribution in [3.63, 3.8) is 0 Å². The number of nitrogens with one attached hydrogen (secondary N) is 1. The smallest absolute Gasteiger partial charge is 0.251 e. The summed E-state index contributed by atoms with van der Waals surface area (Å²) in [6.07, 6.45) is 4.97. The zero-order valence-corrected chi connectivity index (χ0v) is 8.42. The van der Waals surface area contributed by atoms with Crippen LogP contribution in [0.2, 0.25) is 0 Å². The van der Waals surface area contributed by atoms with E-state index in [2.05, 4.69) is 10.5 Å². The molecule has 0 spiro atoms. The first-order chi connectivity index (χ1) is 7.70. The number of primary amides is 1. The normalized spacial score (nSPS) is 13.6. The molecule has 1 aromatic rings. The lowest BCUT2D eigenvalue weighted by atomic mass is 10.1. The number of amides is 1. The quantitative estimate of drug-likeness (QED) is 0.616. The Bertz CT molecular complexity index is 480. The van der Waals surface area contributed by atoms with Crippen LogP contribution in [-0.4, -0.2) is 12.1 Å². The average Bonchev–Trinajstić information content (AvgIpc) is 2.29. The van der Waals surface area contributed by atoms with Gasteiger partial charge in [0.05, 0.1) is 17.5 Å². The molecule has 1 aliphatic heterocycles. The van der Waals surface area contributed by atoms with E-state index in [0.29, 0.717) is 16.9 Å². The number of nitrogens with two attached hydrogens (primary N) is 2. The molecule has 0 aliphatic carbocycles. The van der Waals surface area contributed by atoms with Crippen molar-refractivity contribution in [3.8, 4) is 0 Å². The number of hydrazone groups is 1. The predicted octanol–water partition coefficient (Wildman–Crippen LogP) is 0.192. The summed E-state index contributed by atoms with van der Waals surface area (Å²) in [5.74, 6) is -0.547. The topological polar surface area (TPSA) is 96.7 Å². The molecule has 0 radical (unpaired) electrons. The number of carbonyl (C=O) groups excluding carboxylic acids is 1. The summed E-state index contributed by atoms with van der Waals surface area (Å²) in [6.45, 7) is 0. The molecule has 5 N–H and O–H groups in total. The average molecular weight is 217 g/mol. The summed E-state index contributed by atoms with van der Waals surface area (Å²) >= 11 is 0. The number of hydrogen-bond donors (Lipinski definition) is 3. The summed E-state index contributed by atoms with van der Waals surface area (Å²) in [5, 5.41) is 5.42. The largest absolute Gasteiger partial charge is 0.397 e. The molecule has 6 nitrogen and oxygen atoms in total. The minimum absolute atomic E-state index is 0.319.